The molecule has 7 nitrogen and oxygen atoms in total. The van der Waals surface area contributed by atoms with E-state index in [1.165, 1.54) is 6.33 Å². The molecule has 1 N–H and O–H groups in total. The first-order chi connectivity index (χ1) is 18.7. The van der Waals surface area contributed by atoms with Crippen molar-refractivity contribution in [3.63, 3.8) is 0 Å². The maximum absolute atomic E-state index is 12.3. The topological polar surface area (TPSA) is 86.5 Å². The Morgan fingerprint density at radius 1 is 1.10 bits per heavy atom. The third-order valence-corrected chi connectivity index (χ3v) is 8.93. The van der Waals surface area contributed by atoms with E-state index in [0.717, 1.165) is 41.1 Å². The zero-order valence-corrected chi connectivity index (χ0v) is 24.4. The van der Waals surface area contributed by atoms with Gasteiger partial charge < -0.3 is 19.1 Å². The number of aromatic nitrogens is 3. The van der Waals surface area contributed by atoms with Crippen LogP contribution in [0.2, 0.25) is 30.7 Å². The molecule has 204 valence electrons. The molecule has 9 heteroatoms. The van der Waals surface area contributed by atoms with Crippen LogP contribution in [-0.4, -0.2) is 40.1 Å². The molecule has 2 aromatic carbocycles. The number of hydrogen-bond acceptors (Lipinski definition) is 6. The van der Waals surface area contributed by atoms with E-state index in [1.54, 1.807) is 18.2 Å². The molecule has 0 radical (unpaired) electrons. The average molecular weight is 564 g/mol. The van der Waals surface area contributed by atoms with E-state index >= 15 is 0 Å². The normalized spacial score (nSPS) is 13.6. The average Bonchev–Trinajstić information content (AvgIpc) is 3.61. The lowest BCUT2D eigenvalue weighted by atomic mass is 10.0. The lowest BCUT2D eigenvalue weighted by Gasteiger charge is -2.16. The fourth-order valence-electron chi connectivity index (χ4n) is 4.43. The number of benzene rings is 2. The van der Waals surface area contributed by atoms with Gasteiger partial charge in [-0.2, -0.15) is 0 Å². The Bertz CT molecular complexity index is 1480. The highest BCUT2D eigenvalue weighted by Gasteiger charge is 2.24. The summed E-state index contributed by atoms with van der Waals surface area (Å²) in [6.45, 7) is 7.98. The van der Waals surface area contributed by atoms with Gasteiger partial charge in [0.15, 0.2) is 0 Å². The highest BCUT2D eigenvalue weighted by molar-refractivity contribution is 6.76. The molecule has 0 aliphatic heterocycles. The van der Waals surface area contributed by atoms with Gasteiger partial charge >= 0.3 is 0 Å². The van der Waals surface area contributed by atoms with Crippen LogP contribution < -0.4 is 4.74 Å². The second-order valence-electron chi connectivity index (χ2n) is 11.5. The van der Waals surface area contributed by atoms with Crippen molar-refractivity contribution >= 4 is 36.5 Å². The van der Waals surface area contributed by atoms with Crippen LogP contribution in [-0.2, 0) is 22.7 Å². The van der Waals surface area contributed by atoms with Gasteiger partial charge in [-0.05, 0) is 78.4 Å². The molecule has 2 aromatic heterocycles. The largest absolute Gasteiger partial charge is 0.508 e. The standard InChI is InChI=1S/C30H34ClN3O4Si/c1-39(2,3)13-12-37-19-34-28(21-6-9-23(35)10-7-21)17-26-29(34)32-18-33-30(26)38-25-11-8-22(27(31)16-25)15-24(36)14-20-4-5-20/h6-11,16-18,20,35H,4-5,12-15,19H2,1-3H3. The highest BCUT2D eigenvalue weighted by Crippen LogP contribution is 2.36. The van der Waals surface area contributed by atoms with Crippen molar-refractivity contribution in [2.75, 3.05) is 6.61 Å². The van der Waals surface area contributed by atoms with Crippen molar-refractivity contribution in [1.82, 2.24) is 14.5 Å². The number of phenols is 1. The smallest absolute Gasteiger partial charge is 0.231 e. The van der Waals surface area contributed by atoms with Crippen molar-refractivity contribution in [2.45, 2.75) is 58.1 Å². The van der Waals surface area contributed by atoms with Gasteiger partial charge in [-0.25, -0.2) is 9.97 Å². The summed E-state index contributed by atoms with van der Waals surface area (Å²) >= 11 is 6.53. The lowest BCUT2D eigenvalue weighted by Crippen LogP contribution is -2.22. The molecule has 0 atom stereocenters. The van der Waals surface area contributed by atoms with Crippen molar-refractivity contribution < 1.29 is 19.4 Å². The van der Waals surface area contributed by atoms with E-state index in [2.05, 4.69) is 29.6 Å². The van der Waals surface area contributed by atoms with Gasteiger partial charge in [-0.3, -0.25) is 4.79 Å². The second kappa shape index (κ2) is 11.5. The molecule has 39 heavy (non-hydrogen) atoms. The van der Waals surface area contributed by atoms with Crippen LogP contribution in [0.15, 0.2) is 54.9 Å². The fourth-order valence-corrected chi connectivity index (χ4v) is 5.43. The second-order valence-corrected chi connectivity index (χ2v) is 17.5. The Morgan fingerprint density at radius 3 is 2.56 bits per heavy atom. The number of phenolic OH excluding ortho intramolecular Hbond substituents is 1. The molecule has 5 rings (SSSR count). The van der Waals surface area contributed by atoms with Gasteiger partial charge in [0.2, 0.25) is 5.88 Å². The number of hydrogen-bond donors (Lipinski definition) is 1. The number of halogens is 1. The molecule has 0 spiro atoms. The highest BCUT2D eigenvalue weighted by atomic mass is 35.5. The summed E-state index contributed by atoms with van der Waals surface area (Å²) in [7, 11) is -1.23. The predicted octanol–water partition coefficient (Wildman–Crippen LogP) is 7.47. The molecular weight excluding hydrogens is 530 g/mol. The van der Waals surface area contributed by atoms with E-state index in [-0.39, 0.29) is 11.5 Å². The maximum Gasteiger partial charge on any atom is 0.231 e. The summed E-state index contributed by atoms with van der Waals surface area (Å²) in [6, 6.07) is 15.5. The number of carbonyl (C=O) groups excluding carboxylic acids is 1. The van der Waals surface area contributed by atoms with Gasteiger partial charge in [-0.1, -0.05) is 37.3 Å². The Labute approximate surface area is 234 Å². The molecule has 1 aliphatic carbocycles. The zero-order valence-electron chi connectivity index (χ0n) is 22.6. The van der Waals surface area contributed by atoms with Gasteiger partial charge in [-0.15, -0.1) is 0 Å². The van der Waals surface area contributed by atoms with E-state index in [0.29, 0.717) is 54.4 Å². The van der Waals surface area contributed by atoms with Crippen LogP contribution >= 0.6 is 11.6 Å². The monoisotopic (exact) mass is 563 g/mol. The maximum atomic E-state index is 12.3. The number of Topliss-reactive ketones (excluding diaryl/α,β-unsaturated/α-hetero) is 1. The molecule has 1 fully saturated rings. The van der Waals surface area contributed by atoms with Crippen LogP contribution in [0, 0.1) is 5.92 Å². The minimum absolute atomic E-state index is 0.200. The van der Waals surface area contributed by atoms with Crippen LogP contribution in [0.25, 0.3) is 22.3 Å². The molecule has 4 aromatic rings. The van der Waals surface area contributed by atoms with Crippen LogP contribution in [0.4, 0.5) is 0 Å². The molecule has 1 aliphatic rings. The Kier molecular flexibility index (Phi) is 8.07. The van der Waals surface area contributed by atoms with Crippen molar-refractivity contribution in [3.8, 4) is 28.6 Å². The molecule has 0 saturated heterocycles. The number of fused-ring (bicyclic) bond motifs is 1. The number of ketones is 1. The van der Waals surface area contributed by atoms with Gasteiger partial charge in [0.05, 0.1) is 11.1 Å². The summed E-state index contributed by atoms with van der Waals surface area (Å²) in [4.78, 5) is 21.3. The summed E-state index contributed by atoms with van der Waals surface area (Å²) in [5.74, 6) is 1.91. The van der Waals surface area contributed by atoms with E-state index in [1.807, 2.05) is 34.9 Å². The lowest BCUT2D eigenvalue weighted by molar-refractivity contribution is -0.118. The summed E-state index contributed by atoms with van der Waals surface area (Å²) < 4.78 is 14.3. The molecular formula is C30H34ClN3O4Si. The number of ether oxygens (including phenoxy) is 2. The molecule has 0 amide bonds. The SMILES string of the molecule is C[Si](C)(C)CCOCn1c(-c2ccc(O)cc2)cc2c(Oc3ccc(CC(=O)CC4CC4)c(Cl)c3)ncnc21. The molecule has 0 bridgehead atoms. The van der Waals surface area contributed by atoms with Crippen molar-refractivity contribution in [1.29, 1.82) is 0 Å². The van der Waals surface area contributed by atoms with E-state index in [9.17, 15) is 9.90 Å². The molecule has 2 heterocycles. The van der Waals surface area contributed by atoms with E-state index < -0.39 is 8.07 Å². The zero-order chi connectivity index (χ0) is 27.6. The minimum Gasteiger partial charge on any atom is -0.508 e. The number of aromatic hydroxyl groups is 1. The predicted molar refractivity (Wildman–Crippen MR) is 156 cm³/mol. The summed E-state index contributed by atoms with van der Waals surface area (Å²) in [6.07, 6.45) is 4.75. The molecule has 0 unspecified atom stereocenters. The van der Waals surface area contributed by atoms with Gasteiger partial charge in [0, 0.05) is 32.5 Å². The third-order valence-electron chi connectivity index (χ3n) is 6.87. The Morgan fingerprint density at radius 2 is 1.87 bits per heavy atom. The Balaban J connectivity index is 1.41. The number of nitrogens with zero attached hydrogens (tertiary/aromatic N) is 3. The first kappa shape index (κ1) is 27.4. The van der Waals surface area contributed by atoms with Crippen LogP contribution in [0.1, 0.15) is 24.8 Å². The third kappa shape index (κ3) is 7.06. The van der Waals surface area contributed by atoms with Gasteiger partial charge in [0.1, 0.15) is 36.0 Å². The minimum atomic E-state index is -1.23. The summed E-state index contributed by atoms with van der Waals surface area (Å²) in [5, 5.41) is 11.0. The number of carbonyl (C=O) groups is 1. The first-order valence-corrected chi connectivity index (χ1v) is 17.4. The first-order valence-electron chi connectivity index (χ1n) is 13.4. The van der Waals surface area contributed by atoms with Gasteiger partial charge in [0.25, 0.3) is 0 Å². The van der Waals surface area contributed by atoms with Crippen LogP contribution in [0.5, 0.6) is 17.4 Å². The van der Waals surface area contributed by atoms with Crippen molar-refractivity contribution in [2.24, 2.45) is 5.92 Å². The van der Waals surface area contributed by atoms with Crippen LogP contribution in [0.3, 0.4) is 0 Å². The quantitative estimate of drug-likeness (QED) is 0.142. The van der Waals surface area contributed by atoms with Crippen molar-refractivity contribution in [3.05, 3.63) is 65.4 Å². The summed E-state index contributed by atoms with van der Waals surface area (Å²) in [5.41, 5.74) is 3.28. The number of rotatable bonds is 12. The Hall–Kier alpha value is -3.20. The van der Waals surface area contributed by atoms with E-state index in [4.69, 9.17) is 21.1 Å². The molecule has 1 saturated carbocycles. The fraction of sp³-hybridized carbons (Fsp3) is 0.367.